The Labute approximate surface area is 187 Å². The molecule has 0 saturated heterocycles. The van der Waals surface area contributed by atoms with Crippen LogP contribution in [0.15, 0.2) is 71.3 Å². The molecule has 1 unspecified atom stereocenters. The highest BCUT2D eigenvalue weighted by Gasteiger charge is 2.16. The van der Waals surface area contributed by atoms with E-state index in [1.807, 2.05) is 43.3 Å². The SMILES string of the molecule is COc1cccc(C(CNC(=O)COc2cccc(NC(=O)c3ccco3)c2)N(C)C)c1. The van der Waals surface area contributed by atoms with Crippen LogP contribution in [0.2, 0.25) is 0 Å². The normalized spacial score (nSPS) is 11.6. The number of hydrogen-bond acceptors (Lipinski definition) is 6. The number of nitrogens with one attached hydrogen (secondary N) is 2. The zero-order chi connectivity index (χ0) is 22.9. The van der Waals surface area contributed by atoms with Gasteiger partial charge in [0, 0.05) is 18.3 Å². The number of rotatable bonds is 10. The molecular formula is C24H27N3O5. The van der Waals surface area contributed by atoms with Gasteiger partial charge in [0.25, 0.3) is 11.8 Å². The Kier molecular flexibility index (Phi) is 7.88. The number of methoxy groups -OCH3 is 1. The standard InChI is InChI=1S/C24H27N3O5/c1-27(2)21(17-7-4-9-19(13-17)30-3)15-25-23(28)16-32-20-10-5-8-18(14-20)26-24(29)22-11-6-12-31-22/h4-14,21H,15-16H2,1-3H3,(H,25,28)(H,26,29). The fraction of sp³-hybridized carbons (Fsp3) is 0.250. The van der Waals surface area contributed by atoms with Crippen molar-refractivity contribution in [1.29, 1.82) is 0 Å². The summed E-state index contributed by atoms with van der Waals surface area (Å²) in [7, 11) is 5.53. The van der Waals surface area contributed by atoms with Gasteiger partial charge >= 0.3 is 0 Å². The zero-order valence-corrected chi connectivity index (χ0v) is 18.3. The summed E-state index contributed by atoms with van der Waals surface area (Å²) < 4.78 is 16.0. The van der Waals surface area contributed by atoms with Crippen molar-refractivity contribution in [2.75, 3.05) is 39.7 Å². The number of benzene rings is 2. The summed E-state index contributed by atoms with van der Waals surface area (Å²) in [5.41, 5.74) is 1.57. The van der Waals surface area contributed by atoms with Crippen LogP contribution in [-0.4, -0.2) is 51.1 Å². The highest BCUT2D eigenvalue weighted by Crippen LogP contribution is 2.22. The van der Waals surface area contributed by atoms with Gasteiger partial charge < -0.3 is 29.4 Å². The molecule has 3 aromatic rings. The summed E-state index contributed by atoms with van der Waals surface area (Å²) >= 11 is 0. The summed E-state index contributed by atoms with van der Waals surface area (Å²) in [6.07, 6.45) is 1.43. The van der Waals surface area contributed by atoms with Gasteiger partial charge in [0.15, 0.2) is 12.4 Å². The minimum Gasteiger partial charge on any atom is -0.497 e. The monoisotopic (exact) mass is 437 g/mol. The first-order valence-corrected chi connectivity index (χ1v) is 10.1. The average Bonchev–Trinajstić information content (AvgIpc) is 3.33. The van der Waals surface area contributed by atoms with E-state index in [4.69, 9.17) is 13.9 Å². The molecular weight excluding hydrogens is 410 g/mol. The summed E-state index contributed by atoms with van der Waals surface area (Å²) in [5.74, 6) is 0.835. The number of likely N-dealkylation sites (N-methyl/N-ethyl adjacent to an activating group) is 1. The van der Waals surface area contributed by atoms with Crippen molar-refractivity contribution in [2.24, 2.45) is 0 Å². The first-order chi connectivity index (χ1) is 15.5. The van der Waals surface area contributed by atoms with E-state index in [9.17, 15) is 9.59 Å². The Morgan fingerprint density at radius 1 is 1.03 bits per heavy atom. The highest BCUT2D eigenvalue weighted by atomic mass is 16.5. The van der Waals surface area contributed by atoms with Gasteiger partial charge in [-0.05, 0) is 56.1 Å². The second kappa shape index (κ2) is 11.0. The molecule has 2 amide bonds. The van der Waals surface area contributed by atoms with Crippen molar-refractivity contribution >= 4 is 17.5 Å². The number of anilines is 1. The maximum atomic E-state index is 12.4. The first-order valence-electron chi connectivity index (χ1n) is 10.1. The third-order valence-corrected chi connectivity index (χ3v) is 4.80. The average molecular weight is 437 g/mol. The van der Waals surface area contributed by atoms with Gasteiger partial charge in [-0.1, -0.05) is 18.2 Å². The molecule has 2 aromatic carbocycles. The Bertz CT molecular complexity index is 1030. The maximum absolute atomic E-state index is 12.4. The molecule has 0 saturated carbocycles. The first kappa shape index (κ1) is 22.9. The molecule has 32 heavy (non-hydrogen) atoms. The van der Waals surface area contributed by atoms with Crippen molar-refractivity contribution < 1.29 is 23.5 Å². The van der Waals surface area contributed by atoms with E-state index in [0.717, 1.165) is 11.3 Å². The molecule has 1 heterocycles. The summed E-state index contributed by atoms with van der Waals surface area (Å²) in [5, 5.41) is 5.63. The molecule has 0 aliphatic heterocycles. The van der Waals surface area contributed by atoms with E-state index >= 15 is 0 Å². The lowest BCUT2D eigenvalue weighted by atomic mass is 10.1. The topological polar surface area (TPSA) is 93.0 Å². The van der Waals surface area contributed by atoms with E-state index in [0.29, 0.717) is 18.0 Å². The lowest BCUT2D eigenvalue weighted by molar-refractivity contribution is -0.123. The predicted octanol–water partition coefficient (Wildman–Crippen LogP) is 3.34. The Morgan fingerprint density at radius 3 is 2.53 bits per heavy atom. The minimum atomic E-state index is -0.364. The second-order valence-corrected chi connectivity index (χ2v) is 7.31. The molecule has 0 aliphatic rings. The molecule has 3 rings (SSSR count). The van der Waals surface area contributed by atoms with Crippen molar-refractivity contribution in [2.45, 2.75) is 6.04 Å². The summed E-state index contributed by atoms with van der Waals surface area (Å²) in [4.78, 5) is 26.5. The lowest BCUT2D eigenvalue weighted by Crippen LogP contribution is -2.36. The Balaban J connectivity index is 1.52. The third kappa shape index (κ3) is 6.36. The number of hydrogen-bond donors (Lipinski definition) is 2. The fourth-order valence-electron chi connectivity index (χ4n) is 3.12. The van der Waals surface area contributed by atoms with Crippen LogP contribution in [0.25, 0.3) is 0 Å². The highest BCUT2D eigenvalue weighted by molar-refractivity contribution is 6.02. The molecule has 0 spiro atoms. The predicted molar refractivity (Wildman–Crippen MR) is 121 cm³/mol. The van der Waals surface area contributed by atoms with Gasteiger partial charge in [0.1, 0.15) is 11.5 Å². The van der Waals surface area contributed by atoms with Crippen LogP contribution >= 0.6 is 0 Å². The van der Waals surface area contributed by atoms with Crippen LogP contribution in [0, 0.1) is 0 Å². The molecule has 8 heteroatoms. The van der Waals surface area contributed by atoms with Crippen molar-refractivity contribution in [3.05, 3.63) is 78.3 Å². The molecule has 2 N–H and O–H groups in total. The molecule has 0 bridgehead atoms. The summed E-state index contributed by atoms with van der Waals surface area (Å²) in [6, 6.07) is 17.8. The van der Waals surface area contributed by atoms with Gasteiger partial charge in [-0.3, -0.25) is 9.59 Å². The maximum Gasteiger partial charge on any atom is 0.291 e. The Hall–Kier alpha value is -3.78. The van der Waals surface area contributed by atoms with E-state index in [1.165, 1.54) is 6.26 Å². The van der Waals surface area contributed by atoms with Crippen LogP contribution in [-0.2, 0) is 4.79 Å². The van der Waals surface area contributed by atoms with Gasteiger partial charge in [-0.25, -0.2) is 0 Å². The molecule has 8 nitrogen and oxygen atoms in total. The summed E-state index contributed by atoms with van der Waals surface area (Å²) in [6.45, 7) is 0.273. The third-order valence-electron chi connectivity index (χ3n) is 4.80. The van der Waals surface area contributed by atoms with Gasteiger partial charge in [-0.15, -0.1) is 0 Å². The molecule has 1 aromatic heterocycles. The van der Waals surface area contributed by atoms with Gasteiger partial charge in [0.2, 0.25) is 0 Å². The van der Waals surface area contributed by atoms with Crippen molar-refractivity contribution in [3.8, 4) is 11.5 Å². The van der Waals surface area contributed by atoms with Crippen molar-refractivity contribution in [3.63, 3.8) is 0 Å². The number of ether oxygens (including phenoxy) is 2. The zero-order valence-electron chi connectivity index (χ0n) is 18.3. The Morgan fingerprint density at radius 2 is 1.81 bits per heavy atom. The minimum absolute atomic E-state index is 0.0193. The number of amides is 2. The number of carbonyl (C=O) groups is 2. The van der Waals surface area contributed by atoms with Crippen LogP contribution in [0.4, 0.5) is 5.69 Å². The van der Waals surface area contributed by atoms with Crippen LogP contribution in [0.1, 0.15) is 22.2 Å². The molecule has 0 aliphatic carbocycles. The van der Waals surface area contributed by atoms with Crippen LogP contribution in [0.3, 0.4) is 0 Å². The molecule has 1 atom stereocenters. The lowest BCUT2D eigenvalue weighted by Gasteiger charge is -2.25. The molecule has 0 radical (unpaired) electrons. The number of carbonyl (C=O) groups excluding carboxylic acids is 2. The molecule has 0 fully saturated rings. The van der Waals surface area contributed by atoms with E-state index in [2.05, 4.69) is 10.6 Å². The van der Waals surface area contributed by atoms with E-state index in [-0.39, 0.29) is 30.2 Å². The number of furan rings is 1. The van der Waals surface area contributed by atoms with Gasteiger partial charge in [-0.2, -0.15) is 0 Å². The fourth-order valence-corrected chi connectivity index (χ4v) is 3.12. The van der Waals surface area contributed by atoms with E-state index in [1.54, 1.807) is 43.5 Å². The smallest absolute Gasteiger partial charge is 0.291 e. The largest absolute Gasteiger partial charge is 0.497 e. The molecule has 168 valence electrons. The van der Waals surface area contributed by atoms with E-state index < -0.39 is 0 Å². The van der Waals surface area contributed by atoms with Crippen LogP contribution < -0.4 is 20.1 Å². The second-order valence-electron chi connectivity index (χ2n) is 7.31. The number of nitrogens with zero attached hydrogens (tertiary/aromatic N) is 1. The van der Waals surface area contributed by atoms with Crippen LogP contribution in [0.5, 0.6) is 11.5 Å². The van der Waals surface area contributed by atoms with Gasteiger partial charge in [0.05, 0.1) is 19.4 Å². The quantitative estimate of drug-likeness (QED) is 0.505. The van der Waals surface area contributed by atoms with Crippen molar-refractivity contribution in [1.82, 2.24) is 10.2 Å².